The summed E-state index contributed by atoms with van der Waals surface area (Å²) in [4.78, 5) is 0. The van der Waals surface area contributed by atoms with Crippen LogP contribution < -0.4 is 5.32 Å². The molecule has 1 saturated carbocycles. The van der Waals surface area contributed by atoms with Crippen molar-refractivity contribution in [3.05, 3.63) is 29.6 Å². The lowest BCUT2D eigenvalue weighted by Gasteiger charge is -2.40. The monoisotopic (exact) mass is 281 g/mol. The van der Waals surface area contributed by atoms with E-state index in [4.69, 9.17) is 0 Å². The molecule has 0 aromatic heterocycles. The summed E-state index contributed by atoms with van der Waals surface area (Å²) >= 11 is 0. The largest absolute Gasteiger partial charge is 0.505 e. The number of aliphatic hydroxyl groups is 1. The van der Waals surface area contributed by atoms with Crippen LogP contribution in [-0.4, -0.2) is 22.4 Å². The molecule has 1 aromatic rings. The van der Waals surface area contributed by atoms with Crippen LogP contribution in [0.1, 0.15) is 45.1 Å². The van der Waals surface area contributed by atoms with Gasteiger partial charge in [0.25, 0.3) is 0 Å². The summed E-state index contributed by atoms with van der Waals surface area (Å²) in [6, 6.07) is 4.49. The van der Waals surface area contributed by atoms with E-state index in [1.54, 1.807) is 12.1 Å². The molecule has 0 saturated heterocycles. The molecule has 1 aliphatic carbocycles. The lowest BCUT2D eigenvalue weighted by Crippen LogP contribution is -2.44. The zero-order valence-electron chi connectivity index (χ0n) is 12.2. The lowest BCUT2D eigenvalue weighted by atomic mass is 9.71. The number of phenols is 1. The average molecular weight is 281 g/mol. The topological polar surface area (TPSA) is 52.5 Å². The molecular formula is C16H24FNO2. The number of para-hydroxylation sites is 1. The zero-order valence-corrected chi connectivity index (χ0v) is 12.2. The van der Waals surface area contributed by atoms with Crippen LogP contribution in [0.5, 0.6) is 5.75 Å². The van der Waals surface area contributed by atoms with Crippen molar-refractivity contribution in [2.24, 2.45) is 5.41 Å². The van der Waals surface area contributed by atoms with Crippen LogP contribution in [0.25, 0.3) is 0 Å². The Hall–Kier alpha value is -1.13. The van der Waals surface area contributed by atoms with E-state index in [0.29, 0.717) is 24.1 Å². The summed E-state index contributed by atoms with van der Waals surface area (Å²) in [6.45, 7) is 5.28. The van der Waals surface area contributed by atoms with Crippen LogP contribution in [0.2, 0.25) is 0 Å². The average Bonchev–Trinajstić information content (AvgIpc) is 2.39. The maximum absolute atomic E-state index is 13.2. The summed E-state index contributed by atoms with van der Waals surface area (Å²) in [5.41, 5.74) is 0.149. The van der Waals surface area contributed by atoms with Crippen LogP contribution >= 0.6 is 0 Å². The van der Waals surface area contributed by atoms with Crippen molar-refractivity contribution in [1.29, 1.82) is 0 Å². The van der Waals surface area contributed by atoms with Crippen LogP contribution in [0.3, 0.4) is 0 Å². The second-order valence-corrected chi connectivity index (χ2v) is 6.74. The van der Waals surface area contributed by atoms with Gasteiger partial charge in [-0.25, -0.2) is 4.39 Å². The molecule has 4 heteroatoms. The predicted molar refractivity (Wildman–Crippen MR) is 77.0 cm³/mol. The second kappa shape index (κ2) is 5.70. The van der Waals surface area contributed by atoms with E-state index in [0.717, 1.165) is 25.7 Å². The van der Waals surface area contributed by atoms with Gasteiger partial charge in [0, 0.05) is 18.7 Å². The molecular weight excluding hydrogens is 257 g/mol. The van der Waals surface area contributed by atoms with Crippen LogP contribution in [0.4, 0.5) is 4.39 Å². The summed E-state index contributed by atoms with van der Waals surface area (Å²) in [7, 11) is 0. The number of halogens is 1. The van der Waals surface area contributed by atoms with Crippen molar-refractivity contribution in [1.82, 2.24) is 5.32 Å². The van der Waals surface area contributed by atoms with Gasteiger partial charge in [-0.1, -0.05) is 26.0 Å². The van der Waals surface area contributed by atoms with Crippen LogP contribution in [0, 0.1) is 11.2 Å². The highest BCUT2D eigenvalue weighted by atomic mass is 19.1. The van der Waals surface area contributed by atoms with Crippen molar-refractivity contribution in [3.8, 4) is 5.75 Å². The fraction of sp³-hybridized carbons (Fsp3) is 0.625. The number of hydrogen-bond acceptors (Lipinski definition) is 3. The van der Waals surface area contributed by atoms with E-state index in [2.05, 4.69) is 19.2 Å². The first-order chi connectivity index (χ1) is 9.31. The fourth-order valence-corrected chi connectivity index (χ4v) is 2.70. The quantitative estimate of drug-likeness (QED) is 0.795. The number of aromatic hydroxyl groups is 1. The van der Waals surface area contributed by atoms with E-state index in [9.17, 15) is 14.6 Å². The molecule has 2 rings (SSSR count). The Kier molecular flexibility index (Phi) is 4.35. The summed E-state index contributed by atoms with van der Waals surface area (Å²) < 4.78 is 13.2. The van der Waals surface area contributed by atoms with Gasteiger partial charge >= 0.3 is 0 Å². The minimum Gasteiger partial charge on any atom is -0.505 e. The van der Waals surface area contributed by atoms with Crippen LogP contribution in [-0.2, 0) is 6.54 Å². The molecule has 20 heavy (non-hydrogen) atoms. The molecule has 0 bridgehead atoms. The molecule has 1 aliphatic rings. The van der Waals surface area contributed by atoms with Gasteiger partial charge in [-0.2, -0.15) is 0 Å². The highest BCUT2D eigenvalue weighted by molar-refractivity contribution is 5.33. The molecule has 0 atom stereocenters. The first-order valence-corrected chi connectivity index (χ1v) is 7.21. The Labute approximate surface area is 119 Å². The Morgan fingerprint density at radius 1 is 1.20 bits per heavy atom. The minimum atomic E-state index is -0.682. The van der Waals surface area contributed by atoms with Crippen molar-refractivity contribution in [2.45, 2.75) is 51.7 Å². The molecule has 112 valence electrons. The zero-order chi connectivity index (χ0) is 14.8. The van der Waals surface area contributed by atoms with Gasteiger partial charge in [-0.15, -0.1) is 0 Å². The number of nitrogens with one attached hydrogen (secondary N) is 1. The molecule has 0 radical (unpaired) electrons. The van der Waals surface area contributed by atoms with E-state index in [1.807, 2.05) is 0 Å². The first-order valence-electron chi connectivity index (χ1n) is 7.21. The molecule has 0 unspecified atom stereocenters. The SMILES string of the molecule is CC1(C)CCC(O)(CNCc2cccc(F)c2O)CC1. The Morgan fingerprint density at radius 2 is 1.85 bits per heavy atom. The van der Waals surface area contributed by atoms with E-state index < -0.39 is 11.4 Å². The summed E-state index contributed by atoms with van der Waals surface area (Å²) in [5, 5.41) is 23.2. The highest BCUT2D eigenvalue weighted by Gasteiger charge is 2.36. The summed E-state index contributed by atoms with van der Waals surface area (Å²) in [5.74, 6) is -0.917. The molecule has 3 nitrogen and oxygen atoms in total. The smallest absolute Gasteiger partial charge is 0.165 e. The number of benzene rings is 1. The molecule has 0 spiro atoms. The molecule has 0 aliphatic heterocycles. The van der Waals surface area contributed by atoms with Crippen molar-refractivity contribution >= 4 is 0 Å². The number of rotatable bonds is 4. The van der Waals surface area contributed by atoms with Crippen LogP contribution in [0.15, 0.2) is 18.2 Å². The molecule has 1 fully saturated rings. The Bertz CT molecular complexity index is 464. The van der Waals surface area contributed by atoms with Gasteiger partial charge in [0.05, 0.1) is 5.60 Å². The molecule has 0 amide bonds. The predicted octanol–water partition coefficient (Wildman–Crippen LogP) is 2.95. The van der Waals surface area contributed by atoms with Gasteiger partial charge in [-0.05, 0) is 37.2 Å². The number of phenolic OH excluding ortho intramolecular Hbond substituents is 1. The van der Waals surface area contributed by atoms with Crippen molar-refractivity contribution in [2.75, 3.05) is 6.54 Å². The van der Waals surface area contributed by atoms with Gasteiger partial charge in [0.2, 0.25) is 0 Å². The third kappa shape index (κ3) is 3.70. The van der Waals surface area contributed by atoms with E-state index in [-0.39, 0.29) is 5.75 Å². The standard InChI is InChI=1S/C16H24FNO2/c1-15(2)6-8-16(20,9-7-15)11-18-10-12-4-3-5-13(17)14(12)19/h3-5,18-20H,6-11H2,1-2H3. The summed E-state index contributed by atoms with van der Waals surface area (Å²) in [6.07, 6.45) is 3.58. The third-order valence-corrected chi connectivity index (χ3v) is 4.37. The number of hydrogen-bond donors (Lipinski definition) is 3. The second-order valence-electron chi connectivity index (χ2n) is 6.74. The van der Waals surface area contributed by atoms with Gasteiger partial charge < -0.3 is 15.5 Å². The molecule has 0 heterocycles. The fourth-order valence-electron chi connectivity index (χ4n) is 2.70. The van der Waals surface area contributed by atoms with E-state index in [1.165, 1.54) is 6.07 Å². The van der Waals surface area contributed by atoms with E-state index >= 15 is 0 Å². The van der Waals surface area contributed by atoms with Crippen molar-refractivity contribution < 1.29 is 14.6 Å². The normalized spacial score (nSPS) is 20.8. The highest BCUT2D eigenvalue weighted by Crippen LogP contribution is 2.39. The maximum Gasteiger partial charge on any atom is 0.165 e. The van der Waals surface area contributed by atoms with Gasteiger partial charge in [0.15, 0.2) is 11.6 Å². The van der Waals surface area contributed by atoms with Gasteiger partial charge in [0.1, 0.15) is 0 Å². The third-order valence-electron chi connectivity index (χ3n) is 4.37. The Morgan fingerprint density at radius 3 is 2.50 bits per heavy atom. The maximum atomic E-state index is 13.2. The molecule has 1 aromatic carbocycles. The van der Waals surface area contributed by atoms with Crippen molar-refractivity contribution in [3.63, 3.8) is 0 Å². The lowest BCUT2D eigenvalue weighted by molar-refractivity contribution is -0.0245. The Balaban J connectivity index is 1.85. The first kappa shape index (κ1) is 15.3. The minimum absolute atomic E-state index is 0.309. The van der Waals surface area contributed by atoms with Gasteiger partial charge in [-0.3, -0.25) is 0 Å². The molecule has 3 N–H and O–H groups in total.